The molecule has 4 heteroatoms. The third kappa shape index (κ3) is 3.33. The fraction of sp³-hybridized carbons (Fsp3) is 0.875. The van der Waals surface area contributed by atoms with Crippen LogP contribution in [0.25, 0.3) is 0 Å². The van der Waals surface area contributed by atoms with Crippen LogP contribution in [0.2, 0.25) is 0 Å². The van der Waals surface area contributed by atoms with Gasteiger partial charge in [-0.25, -0.2) is 0 Å². The highest BCUT2D eigenvalue weighted by molar-refractivity contribution is 7.80. The maximum atomic E-state index is 12.8. The molecule has 2 atom stereocenters. The highest BCUT2D eigenvalue weighted by Gasteiger charge is 2.43. The lowest BCUT2D eigenvalue weighted by Gasteiger charge is -2.32. The molecule has 2 rings (SSSR count). The van der Waals surface area contributed by atoms with Crippen LogP contribution in [-0.2, 0) is 4.79 Å². The summed E-state index contributed by atoms with van der Waals surface area (Å²) < 4.78 is 0. The number of nitrogens with two attached hydrogens (primary N) is 1. The predicted molar refractivity (Wildman–Crippen MR) is 86.4 cm³/mol. The van der Waals surface area contributed by atoms with E-state index in [0.717, 1.165) is 38.5 Å². The minimum absolute atomic E-state index is 0.127. The van der Waals surface area contributed by atoms with Gasteiger partial charge in [0.15, 0.2) is 0 Å². The second-order valence-electron chi connectivity index (χ2n) is 7.11. The quantitative estimate of drug-likeness (QED) is 0.766. The van der Waals surface area contributed by atoms with Crippen LogP contribution >= 0.6 is 12.2 Å². The first-order valence-electron chi connectivity index (χ1n) is 8.05. The first-order chi connectivity index (χ1) is 9.44. The number of hydrogen-bond acceptors (Lipinski definition) is 2. The number of nitrogens with one attached hydrogen (secondary N) is 1. The third-order valence-electron chi connectivity index (χ3n) is 5.04. The van der Waals surface area contributed by atoms with Gasteiger partial charge >= 0.3 is 0 Å². The number of rotatable bonds is 5. The fourth-order valence-corrected chi connectivity index (χ4v) is 4.43. The monoisotopic (exact) mass is 296 g/mol. The van der Waals surface area contributed by atoms with E-state index in [4.69, 9.17) is 18.0 Å². The van der Waals surface area contributed by atoms with Crippen LogP contribution in [0.1, 0.15) is 65.2 Å². The molecule has 3 N–H and O–H groups in total. The lowest BCUT2D eigenvalue weighted by atomic mass is 9.77. The third-order valence-corrected chi connectivity index (χ3v) is 5.34. The zero-order valence-electron chi connectivity index (χ0n) is 12.8. The van der Waals surface area contributed by atoms with Gasteiger partial charge in [-0.2, -0.15) is 0 Å². The molecule has 2 saturated carbocycles. The highest BCUT2D eigenvalue weighted by Crippen LogP contribution is 2.44. The van der Waals surface area contributed by atoms with Crippen molar-refractivity contribution < 1.29 is 4.79 Å². The van der Waals surface area contributed by atoms with Crippen LogP contribution in [0, 0.1) is 17.3 Å². The van der Waals surface area contributed by atoms with Crippen molar-refractivity contribution in [2.45, 2.75) is 71.3 Å². The first kappa shape index (κ1) is 15.7. The van der Waals surface area contributed by atoms with Crippen molar-refractivity contribution in [3.05, 3.63) is 0 Å². The van der Waals surface area contributed by atoms with Crippen molar-refractivity contribution in [1.29, 1.82) is 0 Å². The molecule has 0 aromatic carbocycles. The molecule has 0 aliphatic heterocycles. The summed E-state index contributed by atoms with van der Waals surface area (Å²) in [5.41, 5.74) is 5.68. The number of thiocarbonyl (C=S) groups is 1. The summed E-state index contributed by atoms with van der Waals surface area (Å²) in [5, 5.41) is 3.29. The van der Waals surface area contributed by atoms with Gasteiger partial charge in [0.2, 0.25) is 5.91 Å². The van der Waals surface area contributed by atoms with E-state index in [0.29, 0.717) is 10.9 Å². The molecule has 2 fully saturated rings. The van der Waals surface area contributed by atoms with Crippen molar-refractivity contribution in [3.8, 4) is 0 Å². The van der Waals surface area contributed by atoms with Crippen molar-refractivity contribution in [2.24, 2.45) is 23.0 Å². The number of carbonyl (C=O) groups excluding carboxylic acids is 1. The van der Waals surface area contributed by atoms with Gasteiger partial charge in [0.1, 0.15) is 0 Å². The zero-order valence-corrected chi connectivity index (χ0v) is 13.6. The van der Waals surface area contributed by atoms with Crippen LogP contribution in [0.5, 0.6) is 0 Å². The molecule has 0 saturated heterocycles. The Kier molecular flexibility index (Phi) is 5.05. The molecule has 20 heavy (non-hydrogen) atoms. The van der Waals surface area contributed by atoms with Gasteiger partial charge in [-0.1, -0.05) is 45.3 Å². The van der Waals surface area contributed by atoms with Crippen molar-refractivity contribution in [1.82, 2.24) is 5.32 Å². The van der Waals surface area contributed by atoms with Gasteiger partial charge in [-0.15, -0.1) is 0 Å². The van der Waals surface area contributed by atoms with E-state index < -0.39 is 0 Å². The normalized spacial score (nSPS) is 28.8. The van der Waals surface area contributed by atoms with Gasteiger partial charge in [0.05, 0.1) is 4.99 Å². The van der Waals surface area contributed by atoms with Gasteiger partial charge in [0, 0.05) is 17.4 Å². The van der Waals surface area contributed by atoms with Crippen LogP contribution < -0.4 is 11.1 Å². The molecule has 2 aliphatic carbocycles. The molecule has 114 valence electrons. The fourth-order valence-electron chi connectivity index (χ4n) is 4.15. The van der Waals surface area contributed by atoms with Crippen molar-refractivity contribution in [3.63, 3.8) is 0 Å². The Morgan fingerprint density at radius 2 is 1.95 bits per heavy atom. The topological polar surface area (TPSA) is 55.1 Å². The van der Waals surface area contributed by atoms with E-state index in [1.54, 1.807) is 0 Å². The Hall–Kier alpha value is -0.640. The molecule has 0 spiro atoms. The Labute approximate surface area is 128 Å². The van der Waals surface area contributed by atoms with Gasteiger partial charge < -0.3 is 11.1 Å². The largest absolute Gasteiger partial charge is 0.393 e. The summed E-state index contributed by atoms with van der Waals surface area (Å²) in [6, 6.07) is 0.171. The summed E-state index contributed by atoms with van der Waals surface area (Å²) in [4.78, 5) is 13.4. The SMILES string of the molecule is CC(C)CC1(C(=O)NC2CCCC2C(N)=S)CCCC1. The molecule has 1 amide bonds. The number of carbonyl (C=O) groups is 1. The Balaban J connectivity index is 2.03. The van der Waals surface area contributed by atoms with Crippen molar-refractivity contribution >= 4 is 23.1 Å². The van der Waals surface area contributed by atoms with E-state index in [9.17, 15) is 4.79 Å². The molecule has 0 radical (unpaired) electrons. The number of amides is 1. The van der Waals surface area contributed by atoms with Crippen LogP contribution in [0.15, 0.2) is 0 Å². The summed E-state index contributed by atoms with van der Waals surface area (Å²) >= 11 is 5.14. The molecular weight excluding hydrogens is 268 g/mol. The first-order valence-corrected chi connectivity index (χ1v) is 8.46. The van der Waals surface area contributed by atoms with Crippen LogP contribution in [0.3, 0.4) is 0 Å². The Morgan fingerprint density at radius 1 is 1.30 bits per heavy atom. The summed E-state index contributed by atoms with van der Waals surface area (Å²) in [5.74, 6) is 1.03. The Morgan fingerprint density at radius 3 is 2.50 bits per heavy atom. The number of hydrogen-bond donors (Lipinski definition) is 2. The van der Waals surface area contributed by atoms with Gasteiger partial charge in [0.25, 0.3) is 0 Å². The zero-order chi connectivity index (χ0) is 14.8. The highest BCUT2D eigenvalue weighted by atomic mass is 32.1. The molecule has 0 aromatic rings. The molecule has 0 heterocycles. The predicted octanol–water partition coefficient (Wildman–Crippen LogP) is 3.16. The van der Waals surface area contributed by atoms with Gasteiger partial charge in [-0.3, -0.25) is 4.79 Å². The van der Waals surface area contributed by atoms with Crippen molar-refractivity contribution in [2.75, 3.05) is 0 Å². The second kappa shape index (κ2) is 6.42. The van der Waals surface area contributed by atoms with Gasteiger partial charge in [-0.05, 0) is 38.0 Å². The maximum Gasteiger partial charge on any atom is 0.226 e. The summed E-state index contributed by atoms with van der Waals surface area (Å²) in [6.07, 6.45) is 8.62. The second-order valence-corrected chi connectivity index (χ2v) is 7.58. The van der Waals surface area contributed by atoms with E-state index in [1.165, 1.54) is 12.8 Å². The minimum Gasteiger partial charge on any atom is -0.393 e. The van der Waals surface area contributed by atoms with Crippen LogP contribution in [0.4, 0.5) is 0 Å². The molecular formula is C16H28N2OS. The maximum absolute atomic E-state index is 12.8. The van der Waals surface area contributed by atoms with E-state index in [2.05, 4.69) is 19.2 Å². The molecule has 0 bridgehead atoms. The molecule has 2 aliphatic rings. The lowest BCUT2D eigenvalue weighted by molar-refractivity contribution is -0.132. The average Bonchev–Trinajstić information content (AvgIpc) is 2.97. The van der Waals surface area contributed by atoms with Crippen LogP contribution in [-0.4, -0.2) is 16.9 Å². The minimum atomic E-state index is -0.127. The molecule has 0 aromatic heterocycles. The summed E-state index contributed by atoms with van der Waals surface area (Å²) in [6.45, 7) is 4.42. The molecule has 2 unspecified atom stereocenters. The van der Waals surface area contributed by atoms with E-state index in [-0.39, 0.29) is 23.3 Å². The summed E-state index contributed by atoms with van der Waals surface area (Å²) in [7, 11) is 0. The van der Waals surface area contributed by atoms with E-state index >= 15 is 0 Å². The smallest absolute Gasteiger partial charge is 0.226 e. The molecule has 3 nitrogen and oxygen atoms in total. The Bertz CT molecular complexity index is 375. The van der Waals surface area contributed by atoms with E-state index in [1.807, 2.05) is 0 Å². The average molecular weight is 296 g/mol. The lowest BCUT2D eigenvalue weighted by Crippen LogP contribution is -2.48. The standard InChI is InChI=1S/C16H28N2OS/c1-11(2)10-16(8-3-4-9-16)15(19)18-13-7-5-6-12(13)14(17)20/h11-13H,3-10H2,1-2H3,(H2,17,20)(H,18,19).